The van der Waals surface area contributed by atoms with Gasteiger partial charge in [-0.05, 0) is 12.1 Å². The van der Waals surface area contributed by atoms with Gasteiger partial charge in [0.15, 0.2) is 5.75 Å². The fraction of sp³-hybridized carbons (Fsp3) is 0.0769. The highest BCUT2D eigenvalue weighted by Gasteiger charge is 2.09. The predicted octanol–water partition coefficient (Wildman–Crippen LogP) is 2.00. The maximum Gasteiger partial charge on any atom is 0.155 e. The van der Waals surface area contributed by atoms with Crippen molar-refractivity contribution in [1.82, 2.24) is 4.98 Å². The Balaban J connectivity index is 2.37. The number of hydrogen-bond donors (Lipinski definition) is 2. The van der Waals surface area contributed by atoms with Crippen molar-refractivity contribution in [2.45, 2.75) is 6.61 Å². The summed E-state index contributed by atoms with van der Waals surface area (Å²) in [6.07, 6.45) is 3.14. The molecule has 5 heteroatoms. The number of pyridine rings is 1. The molecule has 4 nitrogen and oxygen atoms in total. The molecule has 0 radical (unpaired) electrons. The number of benzene rings is 1. The lowest BCUT2D eigenvalue weighted by Crippen LogP contribution is -2.11. The Morgan fingerprint density at radius 2 is 2.06 bits per heavy atom. The van der Waals surface area contributed by atoms with Crippen LogP contribution in [0.1, 0.15) is 11.1 Å². The number of aromatic nitrogens is 1. The molecule has 18 heavy (non-hydrogen) atoms. The van der Waals surface area contributed by atoms with Crippen molar-refractivity contribution in [1.29, 1.82) is 0 Å². The van der Waals surface area contributed by atoms with Gasteiger partial charge >= 0.3 is 0 Å². The minimum atomic E-state index is -0.0984. The van der Waals surface area contributed by atoms with Gasteiger partial charge in [0.2, 0.25) is 0 Å². The number of aliphatic hydroxyl groups excluding tert-OH is 1. The van der Waals surface area contributed by atoms with Crippen LogP contribution in [0.3, 0.4) is 0 Å². The summed E-state index contributed by atoms with van der Waals surface area (Å²) in [5.41, 5.74) is 6.92. The van der Waals surface area contributed by atoms with E-state index in [1.54, 1.807) is 30.6 Å². The zero-order valence-electron chi connectivity index (χ0n) is 9.54. The van der Waals surface area contributed by atoms with E-state index in [9.17, 15) is 5.11 Å². The zero-order chi connectivity index (χ0) is 13.0. The number of thiocarbonyl (C=S) groups is 1. The van der Waals surface area contributed by atoms with Gasteiger partial charge in [-0.1, -0.05) is 30.4 Å². The third kappa shape index (κ3) is 2.64. The van der Waals surface area contributed by atoms with E-state index in [-0.39, 0.29) is 11.6 Å². The summed E-state index contributed by atoms with van der Waals surface area (Å²) in [5.74, 6) is 1.04. The minimum absolute atomic E-state index is 0.0984. The Hall–Kier alpha value is -1.98. The summed E-state index contributed by atoms with van der Waals surface area (Å²) in [6, 6.07) is 8.90. The van der Waals surface area contributed by atoms with Crippen molar-refractivity contribution in [3.05, 3.63) is 53.9 Å². The van der Waals surface area contributed by atoms with Crippen molar-refractivity contribution in [2.24, 2.45) is 5.73 Å². The highest BCUT2D eigenvalue weighted by molar-refractivity contribution is 7.80. The van der Waals surface area contributed by atoms with Crippen LogP contribution in [-0.2, 0) is 6.61 Å². The van der Waals surface area contributed by atoms with Crippen molar-refractivity contribution in [3.8, 4) is 11.5 Å². The molecule has 0 aliphatic heterocycles. The van der Waals surface area contributed by atoms with Crippen molar-refractivity contribution >= 4 is 17.2 Å². The van der Waals surface area contributed by atoms with E-state index < -0.39 is 0 Å². The Morgan fingerprint density at radius 1 is 1.28 bits per heavy atom. The molecule has 0 aliphatic carbocycles. The highest BCUT2D eigenvalue weighted by atomic mass is 32.1. The molecule has 0 fully saturated rings. The highest BCUT2D eigenvalue weighted by Crippen LogP contribution is 2.27. The van der Waals surface area contributed by atoms with Crippen molar-refractivity contribution in [3.63, 3.8) is 0 Å². The molecular formula is C13H12N2O2S. The molecule has 3 N–H and O–H groups in total. The maximum absolute atomic E-state index is 9.23. The van der Waals surface area contributed by atoms with Crippen LogP contribution < -0.4 is 10.5 Å². The van der Waals surface area contributed by atoms with E-state index in [4.69, 9.17) is 22.7 Å². The average molecular weight is 260 g/mol. The van der Waals surface area contributed by atoms with Crippen LogP contribution in [0.5, 0.6) is 11.5 Å². The standard InChI is InChI=1S/C13H12N2O2S/c14-13(18)10-5-6-15-7-12(10)17-11-4-2-1-3-9(11)8-16/h1-7,16H,8H2,(H2,14,18). The molecule has 1 aromatic carbocycles. The van der Waals surface area contributed by atoms with Crippen LogP contribution in [0.25, 0.3) is 0 Å². The van der Waals surface area contributed by atoms with Gasteiger partial charge in [-0.15, -0.1) is 0 Å². The molecule has 1 aromatic heterocycles. The van der Waals surface area contributed by atoms with Gasteiger partial charge in [-0.2, -0.15) is 0 Å². The lowest BCUT2D eigenvalue weighted by Gasteiger charge is -2.11. The number of aliphatic hydroxyl groups is 1. The summed E-state index contributed by atoms with van der Waals surface area (Å²) < 4.78 is 5.70. The topological polar surface area (TPSA) is 68.4 Å². The van der Waals surface area contributed by atoms with Crippen LogP contribution >= 0.6 is 12.2 Å². The Morgan fingerprint density at radius 3 is 2.78 bits per heavy atom. The first-order valence-electron chi connectivity index (χ1n) is 5.33. The van der Waals surface area contributed by atoms with Gasteiger partial charge in [0.25, 0.3) is 0 Å². The van der Waals surface area contributed by atoms with E-state index >= 15 is 0 Å². The first-order valence-corrected chi connectivity index (χ1v) is 5.73. The molecular weight excluding hydrogens is 248 g/mol. The second-order valence-corrected chi connectivity index (χ2v) is 4.04. The molecule has 0 aliphatic rings. The Kier molecular flexibility index (Phi) is 3.86. The van der Waals surface area contributed by atoms with Crippen molar-refractivity contribution in [2.75, 3.05) is 0 Å². The quantitative estimate of drug-likeness (QED) is 0.823. The first-order chi connectivity index (χ1) is 8.72. The van der Waals surface area contributed by atoms with E-state index in [1.807, 2.05) is 12.1 Å². The van der Waals surface area contributed by atoms with E-state index in [0.717, 1.165) is 0 Å². The maximum atomic E-state index is 9.23. The molecule has 1 heterocycles. The molecule has 2 aromatic rings. The molecule has 0 bridgehead atoms. The number of hydrogen-bond acceptors (Lipinski definition) is 4. The molecule has 0 spiro atoms. The third-order valence-electron chi connectivity index (χ3n) is 2.41. The molecule has 0 saturated heterocycles. The minimum Gasteiger partial charge on any atom is -0.455 e. The van der Waals surface area contributed by atoms with E-state index in [1.165, 1.54) is 0 Å². The summed E-state index contributed by atoms with van der Waals surface area (Å²) >= 11 is 4.95. The summed E-state index contributed by atoms with van der Waals surface area (Å²) in [4.78, 5) is 4.22. The number of ether oxygens (including phenoxy) is 1. The van der Waals surface area contributed by atoms with Crippen molar-refractivity contribution < 1.29 is 9.84 Å². The molecule has 0 unspecified atom stereocenters. The average Bonchev–Trinajstić information content (AvgIpc) is 2.40. The number of para-hydroxylation sites is 1. The number of rotatable bonds is 4. The monoisotopic (exact) mass is 260 g/mol. The number of nitrogens with zero attached hydrogens (tertiary/aromatic N) is 1. The summed E-state index contributed by atoms with van der Waals surface area (Å²) in [7, 11) is 0. The summed E-state index contributed by atoms with van der Waals surface area (Å²) in [6.45, 7) is -0.0984. The van der Waals surface area contributed by atoms with Gasteiger partial charge in [-0.25, -0.2) is 0 Å². The molecule has 0 amide bonds. The Labute approximate surface area is 110 Å². The second kappa shape index (κ2) is 5.57. The molecule has 2 rings (SSSR count). The van der Waals surface area contributed by atoms with Crippen LogP contribution in [-0.4, -0.2) is 15.1 Å². The van der Waals surface area contributed by atoms with Crippen LogP contribution in [0.15, 0.2) is 42.7 Å². The zero-order valence-corrected chi connectivity index (χ0v) is 10.4. The molecule has 0 saturated carbocycles. The lowest BCUT2D eigenvalue weighted by atomic mass is 10.2. The van der Waals surface area contributed by atoms with Gasteiger partial charge < -0.3 is 15.6 Å². The SMILES string of the molecule is NC(=S)c1ccncc1Oc1ccccc1CO. The third-order valence-corrected chi connectivity index (χ3v) is 2.63. The lowest BCUT2D eigenvalue weighted by molar-refractivity contribution is 0.276. The largest absolute Gasteiger partial charge is 0.455 e. The fourth-order valence-corrected chi connectivity index (χ4v) is 1.69. The second-order valence-electron chi connectivity index (χ2n) is 3.60. The molecule has 0 atom stereocenters. The molecule has 92 valence electrons. The number of nitrogens with two attached hydrogens (primary N) is 1. The van der Waals surface area contributed by atoms with E-state index in [2.05, 4.69) is 4.98 Å². The normalized spacial score (nSPS) is 10.1. The first kappa shape index (κ1) is 12.5. The predicted molar refractivity (Wildman–Crippen MR) is 72.6 cm³/mol. The van der Waals surface area contributed by atoms with Gasteiger partial charge in [-0.3, -0.25) is 4.98 Å². The van der Waals surface area contributed by atoms with E-state index in [0.29, 0.717) is 22.6 Å². The smallest absolute Gasteiger partial charge is 0.155 e. The fourth-order valence-electron chi connectivity index (χ4n) is 1.52. The van der Waals surface area contributed by atoms with Gasteiger partial charge in [0.05, 0.1) is 18.4 Å². The van der Waals surface area contributed by atoms with Gasteiger partial charge in [0.1, 0.15) is 10.7 Å². The van der Waals surface area contributed by atoms with Crippen LogP contribution in [0.2, 0.25) is 0 Å². The Bertz CT molecular complexity index is 572. The van der Waals surface area contributed by atoms with Gasteiger partial charge in [0, 0.05) is 11.8 Å². The summed E-state index contributed by atoms with van der Waals surface area (Å²) in [5, 5.41) is 9.23. The van der Waals surface area contributed by atoms with Crippen LogP contribution in [0.4, 0.5) is 0 Å². The van der Waals surface area contributed by atoms with Crippen LogP contribution in [0, 0.1) is 0 Å².